The number of benzene rings is 2. The summed E-state index contributed by atoms with van der Waals surface area (Å²) in [6.45, 7) is 1.38. The normalized spacial score (nSPS) is 9.52. The van der Waals surface area contributed by atoms with Crippen molar-refractivity contribution in [3.63, 3.8) is 0 Å². The van der Waals surface area contributed by atoms with Gasteiger partial charge in [-0.05, 0) is 36.4 Å². The highest BCUT2D eigenvalue weighted by atomic mass is 16.2. The maximum absolute atomic E-state index is 12.2. The van der Waals surface area contributed by atoms with Crippen LogP contribution in [0.25, 0.3) is 0 Å². The van der Waals surface area contributed by atoms with Crippen molar-refractivity contribution in [3.05, 3.63) is 59.7 Å². The molecule has 2 aromatic rings. The average molecular weight is 279 g/mol. The van der Waals surface area contributed by atoms with E-state index in [9.17, 15) is 9.59 Å². The van der Waals surface area contributed by atoms with E-state index in [0.717, 1.165) is 0 Å². The van der Waals surface area contributed by atoms with Crippen molar-refractivity contribution in [3.8, 4) is 6.07 Å². The molecule has 2 amide bonds. The van der Waals surface area contributed by atoms with Crippen LogP contribution in [0.3, 0.4) is 0 Å². The zero-order valence-electron chi connectivity index (χ0n) is 11.4. The van der Waals surface area contributed by atoms with E-state index >= 15 is 0 Å². The third-order valence-corrected chi connectivity index (χ3v) is 2.75. The highest BCUT2D eigenvalue weighted by Gasteiger charge is 2.11. The zero-order chi connectivity index (χ0) is 15.2. The Labute approximate surface area is 122 Å². The molecule has 5 heteroatoms. The molecule has 0 bridgehead atoms. The van der Waals surface area contributed by atoms with Crippen molar-refractivity contribution < 1.29 is 9.59 Å². The first-order valence-electron chi connectivity index (χ1n) is 6.28. The molecule has 0 spiro atoms. The van der Waals surface area contributed by atoms with Gasteiger partial charge in [0.1, 0.15) is 0 Å². The summed E-state index contributed by atoms with van der Waals surface area (Å²) in [5.41, 5.74) is 1.93. The molecule has 0 aliphatic carbocycles. The average Bonchev–Trinajstić information content (AvgIpc) is 2.48. The van der Waals surface area contributed by atoms with Crippen molar-refractivity contribution in [2.24, 2.45) is 0 Å². The second-order valence-corrected chi connectivity index (χ2v) is 4.37. The monoisotopic (exact) mass is 279 g/mol. The van der Waals surface area contributed by atoms with Gasteiger partial charge in [-0.25, -0.2) is 0 Å². The van der Waals surface area contributed by atoms with E-state index in [-0.39, 0.29) is 11.8 Å². The van der Waals surface area contributed by atoms with Crippen LogP contribution in [-0.4, -0.2) is 11.8 Å². The number of para-hydroxylation sites is 1. The van der Waals surface area contributed by atoms with E-state index in [2.05, 4.69) is 10.6 Å². The molecule has 2 rings (SSSR count). The lowest BCUT2D eigenvalue weighted by molar-refractivity contribution is -0.114. The molecule has 0 radical (unpaired) electrons. The highest BCUT2D eigenvalue weighted by molar-refractivity contribution is 6.09. The summed E-state index contributed by atoms with van der Waals surface area (Å²) in [6, 6.07) is 15.3. The Kier molecular flexibility index (Phi) is 4.32. The number of carbonyl (C=O) groups excluding carboxylic acids is 2. The van der Waals surface area contributed by atoms with Gasteiger partial charge in [-0.1, -0.05) is 12.1 Å². The Morgan fingerprint density at radius 3 is 2.29 bits per heavy atom. The van der Waals surface area contributed by atoms with Crippen molar-refractivity contribution in [2.75, 3.05) is 10.6 Å². The maximum Gasteiger partial charge on any atom is 0.257 e. The summed E-state index contributed by atoms with van der Waals surface area (Å²) in [6.07, 6.45) is 0. The van der Waals surface area contributed by atoms with Crippen LogP contribution in [0, 0.1) is 11.3 Å². The van der Waals surface area contributed by atoms with Gasteiger partial charge in [0.25, 0.3) is 5.91 Å². The standard InChI is InChI=1S/C16H13N3O2/c1-11(20)18-15-5-3-2-4-14(15)16(21)19-13-8-6-12(10-17)7-9-13/h2-9H,1H3,(H,18,20)(H,19,21). The summed E-state index contributed by atoms with van der Waals surface area (Å²) in [4.78, 5) is 23.4. The Hall–Kier alpha value is -3.13. The number of amides is 2. The van der Waals surface area contributed by atoms with E-state index in [1.54, 1.807) is 48.5 Å². The lowest BCUT2D eigenvalue weighted by atomic mass is 10.1. The van der Waals surface area contributed by atoms with E-state index in [4.69, 9.17) is 5.26 Å². The van der Waals surface area contributed by atoms with E-state index in [1.807, 2.05) is 6.07 Å². The maximum atomic E-state index is 12.2. The third kappa shape index (κ3) is 3.67. The third-order valence-electron chi connectivity index (χ3n) is 2.75. The summed E-state index contributed by atoms with van der Waals surface area (Å²) in [5.74, 6) is -0.572. The van der Waals surface area contributed by atoms with Gasteiger partial charge in [0, 0.05) is 12.6 Å². The minimum absolute atomic E-state index is 0.242. The molecule has 21 heavy (non-hydrogen) atoms. The minimum Gasteiger partial charge on any atom is -0.326 e. The van der Waals surface area contributed by atoms with Gasteiger partial charge in [0.2, 0.25) is 5.91 Å². The smallest absolute Gasteiger partial charge is 0.257 e. The SMILES string of the molecule is CC(=O)Nc1ccccc1C(=O)Nc1ccc(C#N)cc1. The molecule has 0 aliphatic heterocycles. The summed E-state index contributed by atoms with van der Waals surface area (Å²) >= 11 is 0. The zero-order valence-corrected chi connectivity index (χ0v) is 11.4. The van der Waals surface area contributed by atoms with Crippen LogP contribution in [0.15, 0.2) is 48.5 Å². The number of nitrogens with one attached hydrogen (secondary N) is 2. The fourth-order valence-corrected chi connectivity index (χ4v) is 1.81. The first kappa shape index (κ1) is 14.3. The molecule has 104 valence electrons. The van der Waals surface area contributed by atoms with E-state index in [0.29, 0.717) is 22.5 Å². The number of hydrogen-bond acceptors (Lipinski definition) is 3. The quantitative estimate of drug-likeness (QED) is 0.906. The van der Waals surface area contributed by atoms with Gasteiger partial charge in [-0.15, -0.1) is 0 Å². The largest absolute Gasteiger partial charge is 0.326 e. The van der Waals surface area contributed by atoms with Crippen LogP contribution in [0.4, 0.5) is 11.4 Å². The van der Waals surface area contributed by atoms with Crippen molar-refractivity contribution in [2.45, 2.75) is 6.92 Å². The van der Waals surface area contributed by atoms with Gasteiger partial charge in [-0.2, -0.15) is 5.26 Å². The fraction of sp³-hybridized carbons (Fsp3) is 0.0625. The van der Waals surface area contributed by atoms with Gasteiger partial charge >= 0.3 is 0 Å². The second kappa shape index (κ2) is 6.35. The van der Waals surface area contributed by atoms with Gasteiger partial charge in [0.15, 0.2) is 0 Å². The highest BCUT2D eigenvalue weighted by Crippen LogP contribution is 2.17. The Morgan fingerprint density at radius 1 is 1.00 bits per heavy atom. The fourth-order valence-electron chi connectivity index (χ4n) is 1.81. The molecule has 0 unspecified atom stereocenters. The summed E-state index contributed by atoms with van der Waals surface area (Å²) in [7, 11) is 0. The van der Waals surface area contributed by atoms with Gasteiger partial charge in [0.05, 0.1) is 22.9 Å². The van der Waals surface area contributed by atoms with Crippen LogP contribution in [0.2, 0.25) is 0 Å². The van der Waals surface area contributed by atoms with Crippen LogP contribution in [0.5, 0.6) is 0 Å². The lowest BCUT2D eigenvalue weighted by Gasteiger charge is -2.10. The number of anilines is 2. The van der Waals surface area contributed by atoms with Crippen LogP contribution < -0.4 is 10.6 Å². The summed E-state index contributed by atoms with van der Waals surface area (Å²) < 4.78 is 0. The summed E-state index contributed by atoms with van der Waals surface area (Å²) in [5, 5.41) is 14.1. The topological polar surface area (TPSA) is 82.0 Å². The molecule has 0 fully saturated rings. The molecule has 5 nitrogen and oxygen atoms in total. The molecular formula is C16H13N3O2. The molecule has 0 aliphatic rings. The molecule has 0 saturated carbocycles. The predicted molar refractivity (Wildman–Crippen MR) is 79.9 cm³/mol. The molecular weight excluding hydrogens is 266 g/mol. The van der Waals surface area contributed by atoms with Crippen molar-refractivity contribution >= 4 is 23.2 Å². The minimum atomic E-state index is -0.330. The molecule has 2 aromatic carbocycles. The van der Waals surface area contributed by atoms with Crippen molar-refractivity contribution in [1.82, 2.24) is 0 Å². The van der Waals surface area contributed by atoms with E-state index in [1.165, 1.54) is 6.92 Å². The Balaban J connectivity index is 2.20. The molecule has 0 heterocycles. The van der Waals surface area contributed by atoms with Crippen LogP contribution >= 0.6 is 0 Å². The number of nitriles is 1. The lowest BCUT2D eigenvalue weighted by Crippen LogP contribution is -2.16. The molecule has 2 N–H and O–H groups in total. The van der Waals surface area contributed by atoms with Crippen LogP contribution in [-0.2, 0) is 4.79 Å². The van der Waals surface area contributed by atoms with Crippen molar-refractivity contribution in [1.29, 1.82) is 5.26 Å². The Morgan fingerprint density at radius 2 is 1.67 bits per heavy atom. The molecule has 0 atom stereocenters. The number of rotatable bonds is 3. The second-order valence-electron chi connectivity index (χ2n) is 4.37. The molecule has 0 aromatic heterocycles. The predicted octanol–water partition coefficient (Wildman–Crippen LogP) is 2.77. The first-order valence-corrected chi connectivity index (χ1v) is 6.28. The first-order chi connectivity index (χ1) is 10.1. The number of nitrogens with zero attached hydrogens (tertiary/aromatic N) is 1. The van der Waals surface area contributed by atoms with Crippen LogP contribution in [0.1, 0.15) is 22.8 Å². The number of hydrogen-bond donors (Lipinski definition) is 2. The van der Waals surface area contributed by atoms with E-state index < -0.39 is 0 Å². The van der Waals surface area contributed by atoms with Gasteiger partial charge < -0.3 is 10.6 Å². The Bertz CT molecular complexity index is 715. The number of carbonyl (C=O) groups is 2. The van der Waals surface area contributed by atoms with Gasteiger partial charge in [-0.3, -0.25) is 9.59 Å². The molecule has 0 saturated heterocycles.